The monoisotopic (exact) mass is 387 g/mol. The van der Waals surface area contributed by atoms with Crippen LogP contribution in [0.25, 0.3) is 20.8 Å². The van der Waals surface area contributed by atoms with E-state index in [1.807, 2.05) is 42.5 Å². The van der Waals surface area contributed by atoms with Crippen molar-refractivity contribution in [3.8, 4) is 10.6 Å². The molecule has 1 aromatic heterocycles. The number of thiazole rings is 1. The summed E-state index contributed by atoms with van der Waals surface area (Å²) >= 11 is 1.56. The van der Waals surface area contributed by atoms with E-state index in [-0.39, 0.29) is 11.8 Å². The molecule has 6 heteroatoms. The topological polar surface area (TPSA) is 71.1 Å². The van der Waals surface area contributed by atoms with Crippen LogP contribution in [-0.2, 0) is 4.79 Å². The SMILES string of the molecule is CC(=O)Nc1ccc(NC(=O)c2ccc3nc(-c4ccccc4)sc3c2)cc1. The normalized spacial score (nSPS) is 10.6. The maximum Gasteiger partial charge on any atom is 0.255 e. The minimum atomic E-state index is -0.191. The summed E-state index contributed by atoms with van der Waals surface area (Å²) in [7, 11) is 0. The summed E-state index contributed by atoms with van der Waals surface area (Å²) in [5.74, 6) is -0.326. The number of carbonyl (C=O) groups excluding carboxylic acids is 2. The second-order valence-electron chi connectivity index (χ2n) is 6.28. The van der Waals surface area contributed by atoms with Crippen molar-refractivity contribution in [1.29, 1.82) is 0 Å². The van der Waals surface area contributed by atoms with Crippen LogP contribution in [-0.4, -0.2) is 16.8 Å². The number of nitrogens with zero attached hydrogens (tertiary/aromatic N) is 1. The molecular formula is C22H17N3O2S. The molecule has 5 nitrogen and oxygen atoms in total. The number of carbonyl (C=O) groups is 2. The smallest absolute Gasteiger partial charge is 0.255 e. The van der Waals surface area contributed by atoms with Crippen molar-refractivity contribution in [1.82, 2.24) is 4.98 Å². The van der Waals surface area contributed by atoms with Crippen molar-refractivity contribution in [3.63, 3.8) is 0 Å². The molecule has 4 aromatic rings. The first-order chi connectivity index (χ1) is 13.6. The molecule has 4 rings (SSSR count). The molecule has 0 fully saturated rings. The number of hydrogen-bond donors (Lipinski definition) is 2. The third-order valence-electron chi connectivity index (χ3n) is 4.13. The van der Waals surface area contributed by atoms with Crippen molar-refractivity contribution in [2.45, 2.75) is 6.92 Å². The molecule has 0 bridgehead atoms. The molecule has 0 unspecified atom stereocenters. The number of amides is 2. The van der Waals surface area contributed by atoms with Gasteiger partial charge in [0.1, 0.15) is 5.01 Å². The molecular weight excluding hydrogens is 370 g/mol. The van der Waals surface area contributed by atoms with Crippen molar-refractivity contribution in [3.05, 3.63) is 78.4 Å². The lowest BCUT2D eigenvalue weighted by molar-refractivity contribution is -0.114. The molecule has 0 saturated heterocycles. The average molecular weight is 387 g/mol. The standard InChI is InChI=1S/C22H17N3O2S/c1-14(26)23-17-8-10-18(11-9-17)24-21(27)16-7-12-19-20(13-16)28-22(25-19)15-5-3-2-4-6-15/h2-13H,1H3,(H,23,26)(H,24,27). The van der Waals surface area contributed by atoms with Gasteiger partial charge in [0.15, 0.2) is 0 Å². The van der Waals surface area contributed by atoms with Crippen molar-refractivity contribution < 1.29 is 9.59 Å². The highest BCUT2D eigenvalue weighted by molar-refractivity contribution is 7.21. The summed E-state index contributed by atoms with van der Waals surface area (Å²) in [5.41, 5.74) is 3.86. The Morgan fingerprint density at radius 2 is 1.54 bits per heavy atom. The molecule has 0 saturated carbocycles. The van der Waals surface area contributed by atoms with E-state index in [1.54, 1.807) is 41.7 Å². The number of anilines is 2. The number of benzene rings is 3. The van der Waals surface area contributed by atoms with Gasteiger partial charge in [-0.25, -0.2) is 4.98 Å². The second kappa shape index (κ2) is 7.62. The Morgan fingerprint density at radius 3 is 2.21 bits per heavy atom. The van der Waals surface area contributed by atoms with Crippen LogP contribution >= 0.6 is 11.3 Å². The number of fused-ring (bicyclic) bond motifs is 1. The number of rotatable bonds is 4. The number of hydrogen-bond acceptors (Lipinski definition) is 4. The summed E-state index contributed by atoms with van der Waals surface area (Å²) in [4.78, 5) is 28.3. The lowest BCUT2D eigenvalue weighted by Gasteiger charge is -2.07. The van der Waals surface area contributed by atoms with E-state index in [0.717, 1.165) is 20.8 Å². The van der Waals surface area contributed by atoms with E-state index in [4.69, 9.17) is 0 Å². The van der Waals surface area contributed by atoms with E-state index >= 15 is 0 Å². The molecule has 2 N–H and O–H groups in total. The summed E-state index contributed by atoms with van der Waals surface area (Å²) in [6.07, 6.45) is 0. The lowest BCUT2D eigenvalue weighted by atomic mass is 10.2. The van der Waals surface area contributed by atoms with E-state index in [9.17, 15) is 9.59 Å². The quantitative estimate of drug-likeness (QED) is 0.507. The highest BCUT2D eigenvalue weighted by Crippen LogP contribution is 2.30. The van der Waals surface area contributed by atoms with Gasteiger partial charge in [0.2, 0.25) is 5.91 Å². The van der Waals surface area contributed by atoms with Gasteiger partial charge in [-0.2, -0.15) is 0 Å². The molecule has 2 amide bonds. The molecule has 0 aliphatic heterocycles. The van der Waals surface area contributed by atoms with Crippen molar-refractivity contribution in [2.24, 2.45) is 0 Å². The minimum Gasteiger partial charge on any atom is -0.326 e. The zero-order chi connectivity index (χ0) is 19.5. The first kappa shape index (κ1) is 17.9. The van der Waals surface area contributed by atoms with E-state index < -0.39 is 0 Å². The van der Waals surface area contributed by atoms with Crippen LogP contribution < -0.4 is 10.6 Å². The molecule has 0 aliphatic rings. The Hall–Kier alpha value is -3.51. The average Bonchev–Trinajstić information content (AvgIpc) is 3.13. The van der Waals surface area contributed by atoms with Crippen LogP contribution in [0.5, 0.6) is 0 Å². The number of aromatic nitrogens is 1. The predicted octanol–water partition coefficient (Wildman–Crippen LogP) is 5.17. The van der Waals surface area contributed by atoms with E-state index in [2.05, 4.69) is 15.6 Å². The zero-order valence-electron chi connectivity index (χ0n) is 15.1. The largest absolute Gasteiger partial charge is 0.326 e. The third kappa shape index (κ3) is 3.92. The van der Waals surface area contributed by atoms with Crippen LogP contribution in [0, 0.1) is 0 Å². The van der Waals surface area contributed by atoms with Gasteiger partial charge in [-0.15, -0.1) is 11.3 Å². The lowest BCUT2D eigenvalue weighted by Crippen LogP contribution is -2.12. The summed E-state index contributed by atoms with van der Waals surface area (Å²) in [6.45, 7) is 1.45. The van der Waals surface area contributed by atoms with Crippen LogP contribution in [0.15, 0.2) is 72.8 Å². The highest BCUT2D eigenvalue weighted by atomic mass is 32.1. The summed E-state index contributed by atoms with van der Waals surface area (Å²) in [6, 6.07) is 22.5. The summed E-state index contributed by atoms with van der Waals surface area (Å²) < 4.78 is 0.965. The van der Waals surface area contributed by atoms with Crippen LogP contribution in [0.3, 0.4) is 0 Å². The minimum absolute atomic E-state index is 0.135. The Bertz CT molecular complexity index is 1150. The van der Waals surface area contributed by atoms with Gasteiger partial charge in [0.05, 0.1) is 10.2 Å². The number of nitrogens with one attached hydrogen (secondary N) is 2. The maximum atomic E-state index is 12.6. The Balaban J connectivity index is 1.53. The van der Waals surface area contributed by atoms with Gasteiger partial charge < -0.3 is 10.6 Å². The molecule has 0 radical (unpaired) electrons. The van der Waals surface area contributed by atoms with Gasteiger partial charge >= 0.3 is 0 Å². The maximum absolute atomic E-state index is 12.6. The highest BCUT2D eigenvalue weighted by Gasteiger charge is 2.11. The van der Waals surface area contributed by atoms with Gasteiger partial charge in [-0.05, 0) is 42.5 Å². The van der Waals surface area contributed by atoms with Gasteiger partial charge in [0, 0.05) is 29.4 Å². The Labute approximate surface area is 166 Å². The molecule has 0 aliphatic carbocycles. The van der Waals surface area contributed by atoms with Crippen LogP contribution in [0.1, 0.15) is 17.3 Å². The molecule has 0 spiro atoms. The molecule has 0 atom stereocenters. The second-order valence-corrected chi connectivity index (χ2v) is 7.31. The fourth-order valence-electron chi connectivity index (χ4n) is 2.81. The zero-order valence-corrected chi connectivity index (χ0v) is 15.9. The Kier molecular flexibility index (Phi) is 4.87. The molecule has 138 valence electrons. The fourth-order valence-corrected chi connectivity index (χ4v) is 3.82. The third-order valence-corrected chi connectivity index (χ3v) is 5.20. The van der Waals surface area contributed by atoms with E-state index in [1.165, 1.54) is 6.92 Å². The van der Waals surface area contributed by atoms with Crippen LogP contribution in [0.2, 0.25) is 0 Å². The molecule has 28 heavy (non-hydrogen) atoms. The van der Waals surface area contributed by atoms with Crippen LogP contribution in [0.4, 0.5) is 11.4 Å². The first-order valence-corrected chi connectivity index (χ1v) is 9.55. The fraction of sp³-hybridized carbons (Fsp3) is 0.0455. The van der Waals surface area contributed by atoms with E-state index in [0.29, 0.717) is 16.9 Å². The van der Waals surface area contributed by atoms with Gasteiger partial charge in [-0.1, -0.05) is 30.3 Å². The van der Waals surface area contributed by atoms with Crippen molar-refractivity contribution in [2.75, 3.05) is 10.6 Å². The van der Waals surface area contributed by atoms with Gasteiger partial charge in [0.25, 0.3) is 5.91 Å². The molecule has 3 aromatic carbocycles. The summed E-state index contributed by atoms with van der Waals surface area (Å²) in [5, 5.41) is 6.50. The van der Waals surface area contributed by atoms with Gasteiger partial charge in [-0.3, -0.25) is 9.59 Å². The molecule has 1 heterocycles. The Morgan fingerprint density at radius 1 is 0.857 bits per heavy atom. The predicted molar refractivity (Wildman–Crippen MR) is 114 cm³/mol. The first-order valence-electron chi connectivity index (χ1n) is 8.73. The van der Waals surface area contributed by atoms with Crippen molar-refractivity contribution >= 4 is 44.7 Å².